The lowest BCUT2D eigenvalue weighted by Crippen LogP contribution is -2.06. The van der Waals surface area contributed by atoms with Gasteiger partial charge in [0.15, 0.2) is 0 Å². The molecule has 0 heterocycles. The average Bonchev–Trinajstić information content (AvgIpc) is 2.26. The number of ether oxygens (including phenoxy) is 1. The Hall–Kier alpha value is -1.56. The second-order valence-electron chi connectivity index (χ2n) is 3.10. The van der Waals surface area contributed by atoms with Gasteiger partial charge in [-0.05, 0) is 18.6 Å². The van der Waals surface area contributed by atoms with Gasteiger partial charge in [0.1, 0.15) is 0 Å². The van der Waals surface area contributed by atoms with E-state index in [4.69, 9.17) is 4.74 Å². The maximum absolute atomic E-state index is 11.4. The Balaban J connectivity index is 2.94. The van der Waals surface area contributed by atoms with Crippen LogP contribution in [0.1, 0.15) is 23.7 Å². The Kier molecular flexibility index (Phi) is 4.30. The van der Waals surface area contributed by atoms with E-state index in [-0.39, 0.29) is 16.1 Å². The number of nitrogens with zero attached hydrogens (tertiary/aromatic N) is 1. The zero-order chi connectivity index (χ0) is 12.1. The number of hydrogen-bond donors (Lipinski definition) is 1. The lowest BCUT2D eigenvalue weighted by Gasteiger charge is -2.03. The normalized spacial score (nSPS) is 9.88. The molecule has 0 radical (unpaired) electrons. The molecule has 0 aliphatic rings. The lowest BCUT2D eigenvalue weighted by molar-refractivity contribution is -0.387. The van der Waals surface area contributed by atoms with Crippen molar-refractivity contribution in [3.05, 3.63) is 33.9 Å². The standard InChI is InChI=1S/C10H11NO4S/c1-2-5-15-10(12)7-3-4-9(16)8(6-7)11(13)14/h3-4,6,16H,2,5H2,1H3. The van der Waals surface area contributed by atoms with E-state index in [1.807, 2.05) is 6.92 Å². The molecule has 1 aromatic carbocycles. The summed E-state index contributed by atoms with van der Waals surface area (Å²) in [7, 11) is 0. The number of esters is 1. The maximum atomic E-state index is 11.4. The first-order valence-corrected chi connectivity index (χ1v) is 5.15. The van der Waals surface area contributed by atoms with E-state index in [1.54, 1.807) is 0 Å². The summed E-state index contributed by atoms with van der Waals surface area (Å²) in [4.78, 5) is 21.7. The molecule has 0 N–H and O–H groups in total. The van der Waals surface area contributed by atoms with Crippen LogP contribution in [0.15, 0.2) is 23.1 Å². The van der Waals surface area contributed by atoms with Crippen molar-refractivity contribution < 1.29 is 14.5 Å². The highest BCUT2D eigenvalue weighted by Gasteiger charge is 2.16. The summed E-state index contributed by atoms with van der Waals surface area (Å²) in [6.45, 7) is 2.17. The van der Waals surface area contributed by atoms with Crippen LogP contribution in [0.3, 0.4) is 0 Å². The molecule has 0 saturated heterocycles. The van der Waals surface area contributed by atoms with Crippen molar-refractivity contribution in [1.82, 2.24) is 0 Å². The van der Waals surface area contributed by atoms with Gasteiger partial charge in [0.05, 0.1) is 22.0 Å². The first kappa shape index (κ1) is 12.5. The summed E-state index contributed by atoms with van der Waals surface area (Å²) in [5.41, 5.74) is -0.0350. The van der Waals surface area contributed by atoms with Crippen molar-refractivity contribution in [2.75, 3.05) is 6.61 Å². The second-order valence-corrected chi connectivity index (χ2v) is 3.58. The summed E-state index contributed by atoms with van der Waals surface area (Å²) in [6.07, 6.45) is 0.707. The van der Waals surface area contributed by atoms with Crippen LogP contribution in [0.4, 0.5) is 5.69 Å². The first-order chi connectivity index (χ1) is 7.56. The highest BCUT2D eigenvalue weighted by atomic mass is 32.1. The molecule has 0 bridgehead atoms. The molecular weight excluding hydrogens is 230 g/mol. The molecule has 16 heavy (non-hydrogen) atoms. The third-order valence-corrected chi connectivity index (χ3v) is 2.22. The van der Waals surface area contributed by atoms with Crippen LogP contribution in [0, 0.1) is 10.1 Å². The van der Waals surface area contributed by atoms with Crippen LogP contribution in [-0.4, -0.2) is 17.5 Å². The summed E-state index contributed by atoms with van der Waals surface area (Å²) >= 11 is 3.93. The Morgan fingerprint density at radius 2 is 2.25 bits per heavy atom. The van der Waals surface area contributed by atoms with Crippen LogP contribution in [0.5, 0.6) is 0 Å². The molecule has 0 unspecified atom stereocenters. The van der Waals surface area contributed by atoms with Gasteiger partial charge in [0, 0.05) is 6.07 Å². The van der Waals surface area contributed by atoms with E-state index in [9.17, 15) is 14.9 Å². The fraction of sp³-hybridized carbons (Fsp3) is 0.300. The number of nitro groups is 1. The average molecular weight is 241 g/mol. The van der Waals surface area contributed by atoms with Crippen molar-refractivity contribution in [1.29, 1.82) is 0 Å². The number of thiol groups is 1. The molecule has 86 valence electrons. The van der Waals surface area contributed by atoms with Gasteiger partial charge in [-0.3, -0.25) is 10.1 Å². The van der Waals surface area contributed by atoms with Crippen molar-refractivity contribution in [2.24, 2.45) is 0 Å². The third-order valence-electron chi connectivity index (χ3n) is 1.85. The SMILES string of the molecule is CCCOC(=O)c1ccc(S)c([N+](=O)[O-])c1. The fourth-order valence-electron chi connectivity index (χ4n) is 1.07. The first-order valence-electron chi connectivity index (χ1n) is 4.70. The minimum absolute atomic E-state index is 0.165. The van der Waals surface area contributed by atoms with E-state index in [2.05, 4.69) is 12.6 Å². The molecule has 0 aromatic heterocycles. The van der Waals surface area contributed by atoms with E-state index in [1.165, 1.54) is 18.2 Å². The molecule has 6 heteroatoms. The van der Waals surface area contributed by atoms with Crippen molar-refractivity contribution in [3.63, 3.8) is 0 Å². The van der Waals surface area contributed by atoms with Gasteiger partial charge in [-0.15, -0.1) is 12.6 Å². The van der Waals surface area contributed by atoms with Crippen LogP contribution in [0.2, 0.25) is 0 Å². The van der Waals surface area contributed by atoms with Crippen LogP contribution < -0.4 is 0 Å². The zero-order valence-electron chi connectivity index (χ0n) is 8.67. The molecule has 0 aliphatic carbocycles. The summed E-state index contributed by atoms with van der Waals surface area (Å²) in [5.74, 6) is -0.557. The Bertz CT molecular complexity index is 419. The van der Waals surface area contributed by atoms with Gasteiger partial charge >= 0.3 is 5.97 Å². The maximum Gasteiger partial charge on any atom is 0.338 e. The summed E-state index contributed by atoms with van der Waals surface area (Å²) in [6, 6.07) is 4.03. The van der Waals surface area contributed by atoms with E-state index < -0.39 is 10.9 Å². The predicted octanol–water partition coefficient (Wildman–Crippen LogP) is 2.45. The van der Waals surface area contributed by atoms with Crippen molar-refractivity contribution >= 4 is 24.3 Å². The summed E-state index contributed by atoms with van der Waals surface area (Å²) in [5, 5.41) is 10.6. The Morgan fingerprint density at radius 3 is 2.81 bits per heavy atom. The largest absolute Gasteiger partial charge is 0.462 e. The number of nitro benzene ring substituents is 1. The molecule has 0 spiro atoms. The molecule has 1 aromatic rings. The molecule has 0 aliphatic heterocycles. The van der Waals surface area contributed by atoms with Crippen molar-refractivity contribution in [2.45, 2.75) is 18.2 Å². The van der Waals surface area contributed by atoms with Crippen LogP contribution >= 0.6 is 12.6 Å². The van der Waals surface area contributed by atoms with Crippen molar-refractivity contribution in [3.8, 4) is 0 Å². The molecule has 1 rings (SSSR count). The van der Waals surface area contributed by atoms with E-state index >= 15 is 0 Å². The fourth-order valence-corrected chi connectivity index (χ4v) is 1.30. The lowest BCUT2D eigenvalue weighted by atomic mass is 10.2. The number of hydrogen-bond acceptors (Lipinski definition) is 5. The predicted molar refractivity (Wildman–Crippen MR) is 60.9 cm³/mol. The molecule has 0 amide bonds. The smallest absolute Gasteiger partial charge is 0.338 e. The highest BCUT2D eigenvalue weighted by molar-refractivity contribution is 7.80. The topological polar surface area (TPSA) is 69.4 Å². The second kappa shape index (κ2) is 5.50. The molecule has 0 fully saturated rings. The molecule has 0 saturated carbocycles. The quantitative estimate of drug-likeness (QED) is 0.380. The van der Waals surface area contributed by atoms with E-state index in [0.717, 1.165) is 0 Å². The van der Waals surface area contributed by atoms with Gasteiger partial charge in [-0.2, -0.15) is 0 Å². The minimum atomic E-state index is -0.584. The van der Waals surface area contributed by atoms with Gasteiger partial charge in [-0.1, -0.05) is 6.92 Å². The van der Waals surface area contributed by atoms with Gasteiger partial charge < -0.3 is 4.74 Å². The molecule has 5 nitrogen and oxygen atoms in total. The van der Waals surface area contributed by atoms with Crippen LogP contribution in [0.25, 0.3) is 0 Å². The zero-order valence-corrected chi connectivity index (χ0v) is 9.57. The Morgan fingerprint density at radius 1 is 1.56 bits per heavy atom. The molecule has 0 atom stereocenters. The van der Waals surface area contributed by atoms with Gasteiger partial charge in [0.25, 0.3) is 5.69 Å². The number of carbonyl (C=O) groups excluding carboxylic acids is 1. The molecular formula is C10H11NO4S. The number of rotatable bonds is 4. The van der Waals surface area contributed by atoms with Gasteiger partial charge in [0.2, 0.25) is 0 Å². The Labute approximate surface area is 98.0 Å². The highest BCUT2D eigenvalue weighted by Crippen LogP contribution is 2.23. The third kappa shape index (κ3) is 2.96. The van der Waals surface area contributed by atoms with Gasteiger partial charge in [-0.25, -0.2) is 4.79 Å². The summed E-state index contributed by atoms with van der Waals surface area (Å²) < 4.78 is 4.87. The monoisotopic (exact) mass is 241 g/mol. The van der Waals surface area contributed by atoms with Crippen LogP contribution in [-0.2, 0) is 4.74 Å². The number of benzene rings is 1. The van der Waals surface area contributed by atoms with E-state index in [0.29, 0.717) is 13.0 Å². The number of carbonyl (C=O) groups is 1. The minimum Gasteiger partial charge on any atom is -0.462 e.